The monoisotopic (exact) mass is 598 g/mol. The largest absolute Gasteiger partial charge is 0.507 e. The number of nitrogens with one attached hydrogen (secondary N) is 1. The summed E-state index contributed by atoms with van der Waals surface area (Å²) in [4.78, 5) is 42.3. The Bertz CT molecular complexity index is 1550. The van der Waals surface area contributed by atoms with Crippen molar-refractivity contribution in [1.82, 2.24) is 15.1 Å². The van der Waals surface area contributed by atoms with E-state index in [-0.39, 0.29) is 41.0 Å². The molecule has 230 valence electrons. The second kappa shape index (κ2) is 13.0. The number of rotatable bonds is 4. The minimum Gasteiger partial charge on any atom is -0.507 e. The predicted octanol–water partition coefficient (Wildman–Crippen LogP) is 3.76. The quantitative estimate of drug-likeness (QED) is 0.416. The summed E-state index contributed by atoms with van der Waals surface area (Å²) in [6.07, 6.45) is 3.09. The summed E-state index contributed by atoms with van der Waals surface area (Å²) in [5, 5.41) is 13.1. The average Bonchev–Trinajstić information content (AvgIpc) is 3.03. The van der Waals surface area contributed by atoms with Gasteiger partial charge in [0.2, 0.25) is 11.8 Å². The Labute approximate surface area is 256 Å². The topological polar surface area (TPSA) is 134 Å². The van der Waals surface area contributed by atoms with Crippen LogP contribution in [0.5, 0.6) is 23.0 Å². The van der Waals surface area contributed by atoms with Gasteiger partial charge in [-0.05, 0) is 97.9 Å². The highest BCUT2D eigenvalue weighted by Gasteiger charge is 2.33. The maximum Gasteiger partial charge on any atom is 0.255 e. The highest BCUT2D eigenvalue weighted by molar-refractivity contribution is 5.97. The van der Waals surface area contributed by atoms with Crippen LogP contribution in [0.1, 0.15) is 58.8 Å². The molecule has 0 aliphatic carbocycles. The van der Waals surface area contributed by atoms with Gasteiger partial charge in [0.25, 0.3) is 5.91 Å². The molecule has 4 aliphatic heterocycles. The van der Waals surface area contributed by atoms with Crippen molar-refractivity contribution >= 4 is 17.7 Å². The van der Waals surface area contributed by atoms with Gasteiger partial charge in [-0.25, -0.2) is 0 Å². The molecule has 1 unspecified atom stereocenters. The number of ether oxygens (including phenoxy) is 2. The molecule has 3 amide bonds. The molecule has 1 saturated heterocycles. The molecule has 0 saturated carbocycles. The van der Waals surface area contributed by atoms with Gasteiger partial charge >= 0.3 is 0 Å². The van der Waals surface area contributed by atoms with Crippen LogP contribution in [-0.2, 0) is 16.0 Å². The second-order valence-electron chi connectivity index (χ2n) is 11.7. The lowest BCUT2D eigenvalue weighted by molar-refractivity contribution is -0.134. The summed E-state index contributed by atoms with van der Waals surface area (Å²) in [6.45, 7) is 3.49. The van der Waals surface area contributed by atoms with Crippen molar-refractivity contribution in [3.8, 4) is 23.0 Å². The van der Waals surface area contributed by atoms with E-state index in [1.807, 2.05) is 47.4 Å². The van der Waals surface area contributed by atoms with Crippen LogP contribution in [0.4, 0.5) is 0 Å². The van der Waals surface area contributed by atoms with Crippen molar-refractivity contribution in [3.05, 3.63) is 82.9 Å². The number of hydrogen-bond acceptors (Lipinski definition) is 7. The number of hydrogen-bond donors (Lipinski definition) is 3. The Morgan fingerprint density at radius 3 is 2.59 bits per heavy atom. The number of phenols is 1. The van der Waals surface area contributed by atoms with Crippen LogP contribution >= 0.6 is 0 Å². The number of fused-ring (bicyclic) bond motifs is 6. The molecule has 4 heterocycles. The first-order valence-corrected chi connectivity index (χ1v) is 15.3. The minimum atomic E-state index is -0.385. The number of nitrogens with zero attached hydrogens (tertiary/aromatic N) is 2. The summed E-state index contributed by atoms with van der Waals surface area (Å²) in [6, 6.07) is 18.1. The SMILES string of the molecule is NC(=O)C1CCN(CCC(=O)N2CCc3cc4ccc3C2c2cccc(c2)OCCCNC(=O)c2cc(ccc2O)O4)CC1. The smallest absolute Gasteiger partial charge is 0.255 e. The number of phenolic OH excluding ortho intramolecular Hbond substituents is 1. The van der Waals surface area contributed by atoms with Crippen LogP contribution in [0.15, 0.2) is 60.7 Å². The zero-order chi connectivity index (χ0) is 30.6. The van der Waals surface area contributed by atoms with Gasteiger partial charge in [0.15, 0.2) is 0 Å². The van der Waals surface area contributed by atoms with Crippen molar-refractivity contribution in [2.45, 2.75) is 38.1 Å². The Hall–Kier alpha value is -4.57. The van der Waals surface area contributed by atoms with E-state index in [1.165, 1.54) is 12.1 Å². The third kappa shape index (κ3) is 6.50. The molecule has 0 radical (unpaired) electrons. The minimum absolute atomic E-state index is 0.0778. The van der Waals surface area contributed by atoms with E-state index in [9.17, 15) is 19.5 Å². The third-order valence-electron chi connectivity index (χ3n) is 8.79. The van der Waals surface area contributed by atoms with Crippen molar-refractivity contribution < 1.29 is 29.0 Å². The molecule has 8 bridgehead atoms. The van der Waals surface area contributed by atoms with Crippen molar-refractivity contribution in [2.75, 3.05) is 39.3 Å². The molecule has 10 heteroatoms. The van der Waals surface area contributed by atoms with Gasteiger partial charge in [-0.3, -0.25) is 14.4 Å². The number of nitrogens with two attached hydrogens (primary N) is 1. The van der Waals surface area contributed by atoms with Crippen LogP contribution in [0.3, 0.4) is 0 Å². The van der Waals surface area contributed by atoms with Gasteiger partial charge in [-0.1, -0.05) is 18.2 Å². The molecular weight excluding hydrogens is 560 g/mol. The molecule has 1 fully saturated rings. The highest BCUT2D eigenvalue weighted by atomic mass is 16.5. The number of aromatic hydroxyl groups is 1. The van der Waals surface area contributed by atoms with E-state index >= 15 is 0 Å². The van der Waals surface area contributed by atoms with E-state index in [4.69, 9.17) is 15.2 Å². The number of benzene rings is 3. The first-order valence-electron chi connectivity index (χ1n) is 15.3. The van der Waals surface area contributed by atoms with Gasteiger partial charge in [0.1, 0.15) is 23.0 Å². The molecule has 44 heavy (non-hydrogen) atoms. The van der Waals surface area contributed by atoms with Crippen molar-refractivity contribution in [3.63, 3.8) is 0 Å². The molecule has 4 aliphatic rings. The molecule has 1 atom stereocenters. The van der Waals surface area contributed by atoms with Crippen LogP contribution < -0.4 is 20.5 Å². The molecular formula is C34H38N4O6. The molecule has 0 aromatic heterocycles. The molecule has 4 N–H and O–H groups in total. The highest BCUT2D eigenvalue weighted by Crippen LogP contribution is 2.39. The Kier molecular flexibility index (Phi) is 8.70. The van der Waals surface area contributed by atoms with Gasteiger partial charge in [-0.2, -0.15) is 0 Å². The van der Waals surface area contributed by atoms with Crippen LogP contribution in [0.2, 0.25) is 0 Å². The van der Waals surface area contributed by atoms with Crippen molar-refractivity contribution in [1.29, 1.82) is 0 Å². The second-order valence-corrected chi connectivity index (χ2v) is 11.7. The lowest BCUT2D eigenvalue weighted by Crippen LogP contribution is -2.43. The van der Waals surface area contributed by atoms with Gasteiger partial charge in [0, 0.05) is 32.0 Å². The number of likely N-dealkylation sites (tertiary alicyclic amines) is 1. The molecule has 3 aromatic rings. The van der Waals surface area contributed by atoms with E-state index in [0.29, 0.717) is 62.8 Å². The molecule has 0 spiro atoms. The van der Waals surface area contributed by atoms with Gasteiger partial charge < -0.3 is 35.4 Å². The maximum absolute atomic E-state index is 13.8. The number of carbonyl (C=O) groups is 3. The fourth-order valence-corrected chi connectivity index (χ4v) is 6.36. The zero-order valence-electron chi connectivity index (χ0n) is 24.7. The normalized spacial score (nSPS) is 19.2. The van der Waals surface area contributed by atoms with E-state index in [1.54, 1.807) is 6.07 Å². The third-order valence-corrected chi connectivity index (χ3v) is 8.79. The molecule has 10 nitrogen and oxygen atoms in total. The fraction of sp³-hybridized carbons (Fsp3) is 0.382. The van der Waals surface area contributed by atoms with Gasteiger partial charge in [0.05, 0.1) is 18.2 Å². The van der Waals surface area contributed by atoms with Crippen molar-refractivity contribution in [2.24, 2.45) is 11.7 Å². The van der Waals surface area contributed by atoms with Crippen LogP contribution in [0.25, 0.3) is 0 Å². The standard InChI is InChI=1S/C34H38N4O6/c35-33(41)22-9-14-37(15-10-22)16-12-31(40)38-17-11-23-19-26-5-7-28(23)32(38)24-3-1-4-25(20-24)43-18-2-13-36-34(42)29-21-27(44-26)6-8-30(29)39/h1,3-8,19-22,32,39H,2,9-18H2,(H2,35,41)(H,36,42). The zero-order valence-corrected chi connectivity index (χ0v) is 24.7. The summed E-state index contributed by atoms with van der Waals surface area (Å²) in [7, 11) is 0. The summed E-state index contributed by atoms with van der Waals surface area (Å²) in [5.74, 6) is 1.00. The number of amides is 3. The van der Waals surface area contributed by atoms with Crippen LogP contribution in [-0.4, -0.2) is 72.0 Å². The van der Waals surface area contributed by atoms with Gasteiger partial charge in [-0.15, -0.1) is 0 Å². The lowest BCUT2D eigenvalue weighted by atomic mass is 9.87. The fourth-order valence-electron chi connectivity index (χ4n) is 6.36. The molecule has 3 aromatic carbocycles. The number of primary amides is 1. The average molecular weight is 599 g/mol. The van der Waals surface area contributed by atoms with Crippen LogP contribution in [0, 0.1) is 5.92 Å². The summed E-state index contributed by atoms with van der Waals surface area (Å²) < 4.78 is 12.2. The number of piperidine rings is 1. The van der Waals surface area contributed by atoms with E-state index < -0.39 is 0 Å². The lowest BCUT2D eigenvalue weighted by Gasteiger charge is -2.39. The summed E-state index contributed by atoms with van der Waals surface area (Å²) in [5.41, 5.74) is 8.71. The predicted molar refractivity (Wildman–Crippen MR) is 164 cm³/mol. The Morgan fingerprint density at radius 1 is 0.977 bits per heavy atom. The molecule has 7 rings (SSSR count). The van der Waals surface area contributed by atoms with E-state index in [0.717, 1.165) is 42.6 Å². The first kappa shape index (κ1) is 29.5. The van der Waals surface area contributed by atoms with E-state index in [2.05, 4.69) is 10.2 Å². The summed E-state index contributed by atoms with van der Waals surface area (Å²) >= 11 is 0. The first-order chi connectivity index (χ1) is 21.4. The maximum atomic E-state index is 13.8. The Morgan fingerprint density at radius 2 is 1.77 bits per heavy atom. The number of carbonyl (C=O) groups excluding carboxylic acids is 3. The Balaban J connectivity index is 1.28.